The fourth-order valence-corrected chi connectivity index (χ4v) is 4.11. The van der Waals surface area contributed by atoms with E-state index in [9.17, 15) is 13.6 Å². The second kappa shape index (κ2) is 8.45. The van der Waals surface area contributed by atoms with E-state index >= 15 is 0 Å². The zero-order valence-corrected chi connectivity index (χ0v) is 18.6. The van der Waals surface area contributed by atoms with E-state index in [1.807, 2.05) is 6.07 Å². The van der Waals surface area contributed by atoms with Gasteiger partial charge in [0.15, 0.2) is 5.65 Å². The molecule has 1 aliphatic rings. The number of aromatic nitrogens is 5. The molecule has 34 heavy (non-hydrogen) atoms. The van der Waals surface area contributed by atoms with Crippen molar-refractivity contribution in [3.8, 4) is 5.69 Å². The SMILES string of the molecule is C=CCn1c(=O)c2cnc(Nc3ccc4c(c3)CCNC4)nc2n1-c1ccnc(C(C)(F)F)c1. The fraction of sp³-hybridized carbons (Fsp3) is 0.250. The van der Waals surface area contributed by atoms with E-state index < -0.39 is 11.6 Å². The molecule has 0 amide bonds. The van der Waals surface area contributed by atoms with Crippen LogP contribution in [-0.4, -0.2) is 30.9 Å². The number of fused-ring (bicyclic) bond motifs is 2. The predicted molar refractivity (Wildman–Crippen MR) is 126 cm³/mol. The minimum absolute atomic E-state index is 0.164. The molecule has 1 aromatic carbocycles. The fourth-order valence-electron chi connectivity index (χ4n) is 4.11. The Labute approximate surface area is 194 Å². The first-order chi connectivity index (χ1) is 16.3. The maximum absolute atomic E-state index is 13.9. The number of anilines is 2. The summed E-state index contributed by atoms with van der Waals surface area (Å²) in [5.74, 6) is -2.84. The predicted octanol–water partition coefficient (Wildman–Crippen LogP) is 3.66. The van der Waals surface area contributed by atoms with Crippen LogP contribution in [0.1, 0.15) is 23.7 Å². The molecule has 1 aliphatic heterocycles. The molecule has 8 nitrogen and oxygen atoms in total. The van der Waals surface area contributed by atoms with Gasteiger partial charge >= 0.3 is 0 Å². The third-order valence-electron chi connectivity index (χ3n) is 5.76. The molecule has 174 valence electrons. The number of rotatable bonds is 6. The van der Waals surface area contributed by atoms with Gasteiger partial charge in [0.2, 0.25) is 5.95 Å². The number of halogens is 2. The Bertz CT molecular complexity index is 1450. The summed E-state index contributed by atoms with van der Waals surface area (Å²) in [6.45, 7) is 6.42. The average Bonchev–Trinajstić information content (AvgIpc) is 3.10. The summed E-state index contributed by atoms with van der Waals surface area (Å²) in [6, 6.07) is 8.89. The summed E-state index contributed by atoms with van der Waals surface area (Å²) in [7, 11) is 0. The van der Waals surface area contributed by atoms with Gasteiger partial charge in [-0.2, -0.15) is 13.8 Å². The van der Waals surface area contributed by atoms with E-state index in [1.54, 1.807) is 12.1 Å². The van der Waals surface area contributed by atoms with E-state index in [1.165, 1.54) is 39.0 Å². The number of alkyl halides is 2. The van der Waals surface area contributed by atoms with Crippen molar-refractivity contribution in [2.75, 3.05) is 11.9 Å². The van der Waals surface area contributed by atoms with Crippen LogP contribution in [0.3, 0.4) is 0 Å². The van der Waals surface area contributed by atoms with Crippen LogP contribution in [0.15, 0.2) is 60.2 Å². The maximum Gasteiger partial charge on any atom is 0.287 e. The number of hydrogen-bond donors (Lipinski definition) is 2. The molecule has 0 aliphatic carbocycles. The third-order valence-corrected chi connectivity index (χ3v) is 5.76. The number of benzene rings is 1. The minimum Gasteiger partial charge on any atom is -0.324 e. The highest BCUT2D eigenvalue weighted by Crippen LogP contribution is 2.27. The van der Waals surface area contributed by atoms with Gasteiger partial charge in [-0.3, -0.25) is 9.78 Å². The smallest absolute Gasteiger partial charge is 0.287 e. The molecular formula is C24H23F2N7O. The molecule has 0 radical (unpaired) electrons. The first-order valence-electron chi connectivity index (χ1n) is 10.9. The highest BCUT2D eigenvalue weighted by Gasteiger charge is 2.27. The van der Waals surface area contributed by atoms with Crippen LogP contribution in [0, 0.1) is 0 Å². The van der Waals surface area contributed by atoms with Crippen LogP contribution in [0.5, 0.6) is 0 Å². The van der Waals surface area contributed by atoms with Crippen molar-refractivity contribution < 1.29 is 8.78 Å². The first kappa shape index (κ1) is 21.9. The summed E-state index contributed by atoms with van der Waals surface area (Å²) in [5, 5.41) is 6.82. The van der Waals surface area contributed by atoms with Crippen LogP contribution in [0.4, 0.5) is 20.4 Å². The summed E-state index contributed by atoms with van der Waals surface area (Å²) in [6.07, 6.45) is 5.23. The lowest BCUT2D eigenvalue weighted by Gasteiger charge is -2.18. The second-order valence-corrected chi connectivity index (χ2v) is 8.24. The third kappa shape index (κ3) is 3.96. The van der Waals surface area contributed by atoms with Crippen LogP contribution in [0.25, 0.3) is 16.7 Å². The zero-order chi connectivity index (χ0) is 23.9. The van der Waals surface area contributed by atoms with Gasteiger partial charge in [0.05, 0.1) is 12.2 Å². The molecule has 0 fully saturated rings. The van der Waals surface area contributed by atoms with Crippen molar-refractivity contribution in [2.45, 2.75) is 32.4 Å². The Morgan fingerprint density at radius 3 is 2.88 bits per heavy atom. The van der Waals surface area contributed by atoms with Crippen LogP contribution < -0.4 is 16.2 Å². The Hall–Kier alpha value is -3.92. The van der Waals surface area contributed by atoms with Crippen molar-refractivity contribution in [1.29, 1.82) is 0 Å². The average molecular weight is 463 g/mol. The maximum atomic E-state index is 13.9. The van der Waals surface area contributed by atoms with Crippen LogP contribution in [-0.2, 0) is 25.4 Å². The molecule has 3 aromatic heterocycles. The van der Waals surface area contributed by atoms with Crippen molar-refractivity contribution in [2.24, 2.45) is 0 Å². The second-order valence-electron chi connectivity index (χ2n) is 8.24. The van der Waals surface area contributed by atoms with Gasteiger partial charge in [-0.25, -0.2) is 14.3 Å². The van der Waals surface area contributed by atoms with Gasteiger partial charge in [-0.15, -0.1) is 6.58 Å². The Balaban J connectivity index is 1.62. The van der Waals surface area contributed by atoms with Crippen LogP contribution in [0.2, 0.25) is 0 Å². The van der Waals surface area contributed by atoms with E-state index in [0.29, 0.717) is 17.3 Å². The van der Waals surface area contributed by atoms with Crippen molar-refractivity contribution in [1.82, 2.24) is 29.6 Å². The molecule has 5 rings (SSSR count). The lowest BCUT2D eigenvalue weighted by atomic mass is 10.0. The molecule has 0 unspecified atom stereocenters. The summed E-state index contributed by atoms with van der Waals surface area (Å²) in [5.41, 5.74) is 3.23. The molecule has 0 saturated heterocycles. The topological polar surface area (TPSA) is 89.7 Å². The van der Waals surface area contributed by atoms with E-state index in [4.69, 9.17) is 0 Å². The van der Waals surface area contributed by atoms with Crippen molar-refractivity contribution in [3.63, 3.8) is 0 Å². The van der Waals surface area contributed by atoms with Gasteiger partial charge in [0, 0.05) is 31.5 Å². The van der Waals surface area contributed by atoms with Crippen molar-refractivity contribution in [3.05, 3.63) is 82.6 Å². The molecule has 10 heteroatoms. The lowest BCUT2D eigenvalue weighted by Crippen LogP contribution is -2.23. The Morgan fingerprint density at radius 1 is 1.24 bits per heavy atom. The molecule has 0 saturated carbocycles. The molecule has 4 heterocycles. The molecule has 0 spiro atoms. The zero-order valence-electron chi connectivity index (χ0n) is 18.6. The summed E-state index contributed by atoms with van der Waals surface area (Å²) in [4.78, 5) is 25.7. The van der Waals surface area contributed by atoms with E-state index in [-0.39, 0.29) is 17.5 Å². The highest BCUT2D eigenvalue weighted by atomic mass is 19.3. The van der Waals surface area contributed by atoms with Gasteiger partial charge in [0.1, 0.15) is 11.1 Å². The standard InChI is InChI=1S/C24H23F2N7O/c1-3-10-32-22(34)19-14-29-23(30-17-5-4-16-13-27-8-6-15(16)11-17)31-21(19)33(32)18-7-9-28-20(12-18)24(2,25)26/h3-5,7,9,11-12,14,27H,1,6,8,10,13H2,2H3,(H,29,30,31). The molecule has 0 atom stereocenters. The number of pyridine rings is 1. The number of nitrogens with zero attached hydrogens (tertiary/aromatic N) is 5. The van der Waals surface area contributed by atoms with Gasteiger partial charge in [-0.05, 0) is 48.4 Å². The molecular weight excluding hydrogens is 440 g/mol. The Morgan fingerprint density at radius 2 is 2.09 bits per heavy atom. The van der Waals surface area contributed by atoms with Gasteiger partial charge in [-0.1, -0.05) is 12.1 Å². The molecule has 4 aromatic rings. The molecule has 2 N–H and O–H groups in total. The monoisotopic (exact) mass is 463 g/mol. The van der Waals surface area contributed by atoms with E-state index in [2.05, 4.69) is 44.3 Å². The number of allylic oxidation sites excluding steroid dienone is 1. The number of nitrogens with one attached hydrogen (secondary N) is 2. The van der Waals surface area contributed by atoms with Crippen LogP contribution >= 0.6 is 0 Å². The summed E-state index contributed by atoms with van der Waals surface area (Å²) < 4.78 is 30.8. The largest absolute Gasteiger partial charge is 0.324 e. The summed E-state index contributed by atoms with van der Waals surface area (Å²) >= 11 is 0. The lowest BCUT2D eigenvalue weighted by molar-refractivity contribution is 0.0127. The number of hydrogen-bond acceptors (Lipinski definition) is 6. The van der Waals surface area contributed by atoms with E-state index in [0.717, 1.165) is 32.1 Å². The van der Waals surface area contributed by atoms with Gasteiger partial charge in [0.25, 0.3) is 11.5 Å². The minimum atomic E-state index is -3.13. The normalized spacial score (nSPS) is 13.6. The highest BCUT2D eigenvalue weighted by molar-refractivity contribution is 5.77. The Kier molecular flexibility index (Phi) is 5.45. The molecule has 0 bridgehead atoms. The van der Waals surface area contributed by atoms with Crippen molar-refractivity contribution >= 4 is 22.7 Å². The van der Waals surface area contributed by atoms with Gasteiger partial charge < -0.3 is 10.6 Å². The first-order valence-corrected chi connectivity index (χ1v) is 10.9. The quantitative estimate of drug-likeness (QED) is 0.424.